The van der Waals surface area contributed by atoms with Crippen molar-refractivity contribution in [2.45, 2.75) is 73.3 Å². The Labute approximate surface area is 232 Å². The van der Waals surface area contributed by atoms with Gasteiger partial charge in [0, 0.05) is 12.2 Å². The lowest BCUT2D eigenvalue weighted by Gasteiger charge is -2.46. The van der Waals surface area contributed by atoms with E-state index in [1.165, 1.54) is 15.9 Å². The summed E-state index contributed by atoms with van der Waals surface area (Å²) in [5.41, 5.74) is 2.10. The molecule has 4 heteroatoms. The highest BCUT2D eigenvalue weighted by atomic mass is 28.4. The average Bonchev–Trinajstić information content (AvgIpc) is 2.88. The summed E-state index contributed by atoms with van der Waals surface area (Å²) in [4.78, 5) is 12.3. The third-order valence-corrected chi connectivity index (χ3v) is 13.4. The first-order valence-corrected chi connectivity index (χ1v) is 16.2. The smallest absolute Gasteiger partial charge is 0.333 e. The minimum Gasteiger partial charge on any atom is -0.463 e. The predicted octanol–water partition coefficient (Wildman–Crippen LogP) is 7.32. The van der Waals surface area contributed by atoms with Crippen molar-refractivity contribution in [1.82, 2.24) is 0 Å². The number of hydrogen-bond donors (Lipinski definition) is 0. The molecule has 3 nitrogen and oxygen atoms in total. The Balaban J connectivity index is 2.04. The van der Waals surface area contributed by atoms with Crippen LogP contribution in [0.1, 0.15) is 68.2 Å². The van der Waals surface area contributed by atoms with E-state index >= 15 is 0 Å². The Morgan fingerprint density at radius 3 is 2.05 bits per heavy atom. The topological polar surface area (TPSA) is 35.5 Å². The van der Waals surface area contributed by atoms with Crippen LogP contribution in [-0.4, -0.2) is 27.5 Å². The SMILES string of the molecule is CCOC(=O)/C(C)=C/C[C@H]1C(C)=CC[C@H](C(C)C)[C@H]1CO[Si](c1ccccc1)(c1ccccc1)C(C)(C)C. The Bertz CT molecular complexity index is 1060. The second-order valence-corrected chi connectivity index (χ2v) is 16.5. The fourth-order valence-corrected chi connectivity index (χ4v) is 10.9. The molecular weight excluding hydrogens is 484 g/mol. The van der Waals surface area contributed by atoms with E-state index in [0.717, 1.165) is 12.8 Å². The molecule has 206 valence electrons. The lowest BCUT2D eigenvalue weighted by atomic mass is 9.67. The number of carbonyl (C=O) groups is 1. The molecule has 0 spiro atoms. The number of carbonyl (C=O) groups excluding carboxylic acids is 1. The Morgan fingerprint density at radius 2 is 1.58 bits per heavy atom. The van der Waals surface area contributed by atoms with Crippen molar-refractivity contribution in [3.8, 4) is 0 Å². The number of esters is 1. The molecule has 0 aliphatic heterocycles. The first-order valence-electron chi connectivity index (χ1n) is 14.3. The van der Waals surface area contributed by atoms with Crippen LogP contribution >= 0.6 is 0 Å². The van der Waals surface area contributed by atoms with Crippen molar-refractivity contribution in [3.63, 3.8) is 0 Å². The van der Waals surface area contributed by atoms with E-state index in [9.17, 15) is 4.79 Å². The molecule has 3 rings (SSSR count). The molecule has 1 aliphatic rings. The number of rotatable bonds is 10. The number of allylic oxidation sites excluding steroid dienone is 3. The third kappa shape index (κ3) is 6.58. The number of benzene rings is 2. The quantitative estimate of drug-likeness (QED) is 0.139. The van der Waals surface area contributed by atoms with Gasteiger partial charge in [-0.25, -0.2) is 4.79 Å². The summed E-state index contributed by atoms with van der Waals surface area (Å²) in [6, 6.07) is 21.8. The van der Waals surface area contributed by atoms with E-state index in [1.807, 2.05) is 13.8 Å². The fraction of sp³-hybridized carbons (Fsp3) is 0.500. The minimum atomic E-state index is -2.63. The zero-order valence-corrected chi connectivity index (χ0v) is 25.8. The van der Waals surface area contributed by atoms with Crippen LogP contribution in [-0.2, 0) is 14.0 Å². The number of ether oxygens (including phenoxy) is 1. The summed E-state index contributed by atoms with van der Waals surface area (Å²) in [6.45, 7) is 18.8. The van der Waals surface area contributed by atoms with Gasteiger partial charge in [-0.3, -0.25) is 0 Å². The average molecular weight is 533 g/mol. The molecule has 0 amide bonds. The van der Waals surface area contributed by atoms with E-state index in [-0.39, 0.29) is 11.0 Å². The summed E-state index contributed by atoms with van der Waals surface area (Å²) in [6.07, 6.45) is 6.40. The van der Waals surface area contributed by atoms with E-state index in [1.54, 1.807) is 0 Å². The van der Waals surface area contributed by atoms with Crippen LogP contribution in [0.25, 0.3) is 0 Å². The minimum absolute atomic E-state index is 0.0571. The van der Waals surface area contributed by atoms with Crippen molar-refractivity contribution in [3.05, 3.63) is 84.0 Å². The molecule has 0 saturated heterocycles. The normalized spacial score (nSPS) is 20.8. The molecule has 2 aromatic rings. The van der Waals surface area contributed by atoms with Crippen LogP contribution in [0.4, 0.5) is 0 Å². The van der Waals surface area contributed by atoms with Crippen LogP contribution in [0.5, 0.6) is 0 Å². The van der Waals surface area contributed by atoms with Gasteiger partial charge in [-0.15, -0.1) is 0 Å². The highest BCUT2D eigenvalue weighted by molar-refractivity contribution is 6.99. The van der Waals surface area contributed by atoms with Gasteiger partial charge < -0.3 is 9.16 Å². The predicted molar refractivity (Wildman–Crippen MR) is 162 cm³/mol. The van der Waals surface area contributed by atoms with Crippen LogP contribution in [0.3, 0.4) is 0 Å². The summed E-state index contributed by atoms with van der Waals surface area (Å²) >= 11 is 0. The molecule has 0 fully saturated rings. The fourth-order valence-electron chi connectivity index (χ4n) is 6.27. The maximum atomic E-state index is 12.3. The molecule has 0 saturated carbocycles. The van der Waals surface area contributed by atoms with Crippen molar-refractivity contribution >= 4 is 24.7 Å². The van der Waals surface area contributed by atoms with Gasteiger partial charge in [0.1, 0.15) is 0 Å². The molecule has 3 atom stereocenters. The highest BCUT2D eigenvalue weighted by Crippen LogP contribution is 2.43. The molecule has 0 radical (unpaired) electrons. The molecule has 0 unspecified atom stereocenters. The molecule has 0 heterocycles. The van der Waals surface area contributed by atoms with Gasteiger partial charge >= 0.3 is 5.97 Å². The van der Waals surface area contributed by atoms with Crippen LogP contribution in [0.2, 0.25) is 5.04 Å². The second kappa shape index (κ2) is 13.1. The van der Waals surface area contributed by atoms with E-state index in [0.29, 0.717) is 42.5 Å². The standard InChI is InChI=1S/C34H48O3Si/c1-9-36-33(35)27(5)21-23-31-26(4)20-22-30(25(2)3)32(31)24-37-38(34(6,7)8,28-16-12-10-13-17-28)29-18-14-11-15-19-29/h10-21,25,30-32H,9,22-24H2,1-8H3/b27-21+/t30-,31+,32-/m1/s1. The lowest BCUT2D eigenvalue weighted by Crippen LogP contribution is -2.67. The molecule has 1 aliphatic carbocycles. The van der Waals surface area contributed by atoms with Crippen LogP contribution < -0.4 is 10.4 Å². The number of hydrogen-bond acceptors (Lipinski definition) is 3. The van der Waals surface area contributed by atoms with E-state index in [4.69, 9.17) is 9.16 Å². The monoisotopic (exact) mass is 532 g/mol. The van der Waals surface area contributed by atoms with E-state index in [2.05, 4.69) is 114 Å². The van der Waals surface area contributed by atoms with Gasteiger partial charge in [0.05, 0.1) is 6.61 Å². The largest absolute Gasteiger partial charge is 0.463 e. The molecule has 0 bridgehead atoms. The molecule has 2 aromatic carbocycles. The third-order valence-electron chi connectivity index (χ3n) is 8.40. The van der Waals surface area contributed by atoms with Gasteiger partial charge in [-0.2, -0.15) is 0 Å². The van der Waals surface area contributed by atoms with Gasteiger partial charge in [0.2, 0.25) is 0 Å². The maximum Gasteiger partial charge on any atom is 0.333 e. The first-order chi connectivity index (χ1) is 18.0. The van der Waals surface area contributed by atoms with Crippen LogP contribution in [0, 0.1) is 23.7 Å². The van der Waals surface area contributed by atoms with Gasteiger partial charge in [0.15, 0.2) is 0 Å². The summed E-state index contributed by atoms with van der Waals surface area (Å²) < 4.78 is 12.7. The molecule has 0 aromatic heterocycles. The first kappa shape index (κ1) is 30.1. The summed E-state index contributed by atoms with van der Waals surface area (Å²) in [5.74, 6) is 1.56. The molecular formula is C34H48O3Si. The zero-order valence-electron chi connectivity index (χ0n) is 24.8. The van der Waals surface area contributed by atoms with Crippen molar-refractivity contribution in [2.24, 2.45) is 23.7 Å². The second-order valence-electron chi connectivity index (χ2n) is 12.2. The van der Waals surface area contributed by atoms with Gasteiger partial charge in [-0.05, 0) is 72.7 Å². The highest BCUT2D eigenvalue weighted by Gasteiger charge is 2.51. The summed E-state index contributed by atoms with van der Waals surface area (Å²) in [5, 5.41) is 2.58. The lowest BCUT2D eigenvalue weighted by molar-refractivity contribution is -0.138. The maximum absolute atomic E-state index is 12.3. The zero-order chi connectivity index (χ0) is 27.9. The Hall–Kier alpha value is -2.43. The van der Waals surface area contributed by atoms with Gasteiger partial charge in [-0.1, -0.05) is 113 Å². The van der Waals surface area contributed by atoms with Crippen LogP contribution in [0.15, 0.2) is 84.0 Å². The summed E-state index contributed by atoms with van der Waals surface area (Å²) in [7, 11) is -2.63. The molecule has 0 N–H and O–H groups in total. The van der Waals surface area contributed by atoms with Crippen molar-refractivity contribution in [1.29, 1.82) is 0 Å². The van der Waals surface area contributed by atoms with Crippen molar-refractivity contribution in [2.75, 3.05) is 13.2 Å². The van der Waals surface area contributed by atoms with E-state index < -0.39 is 8.32 Å². The van der Waals surface area contributed by atoms with Crippen molar-refractivity contribution < 1.29 is 14.0 Å². The Morgan fingerprint density at radius 1 is 1.03 bits per heavy atom. The Kier molecular flexibility index (Phi) is 10.4. The molecule has 38 heavy (non-hydrogen) atoms. The van der Waals surface area contributed by atoms with Gasteiger partial charge in [0.25, 0.3) is 8.32 Å².